The Hall–Kier alpha value is -3.74. The van der Waals surface area contributed by atoms with E-state index in [-0.39, 0.29) is 31.3 Å². The molecule has 6 rings (SSSR count). The van der Waals surface area contributed by atoms with Gasteiger partial charge in [-0.05, 0) is 55.9 Å². The van der Waals surface area contributed by atoms with Crippen LogP contribution in [0.5, 0.6) is 11.5 Å². The fraction of sp³-hybridized carbons (Fsp3) is 0.423. The van der Waals surface area contributed by atoms with Gasteiger partial charge in [0.25, 0.3) is 5.91 Å². The van der Waals surface area contributed by atoms with Crippen molar-refractivity contribution in [1.29, 1.82) is 0 Å². The van der Waals surface area contributed by atoms with Crippen LogP contribution < -0.4 is 20.1 Å². The molecule has 2 aliphatic heterocycles. The summed E-state index contributed by atoms with van der Waals surface area (Å²) in [6, 6.07) is 3.65. The number of fused-ring (bicyclic) bond motifs is 3. The second kappa shape index (κ2) is 9.78. The van der Waals surface area contributed by atoms with Crippen molar-refractivity contribution in [3.05, 3.63) is 51.5 Å². The highest BCUT2D eigenvalue weighted by Crippen LogP contribution is 2.45. The molecule has 0 spiro atoms. The third kappa shape index (κ3) is 4.68. The van der Waals surface area contributed by atoms with E-state index in [4.69, 9.17) is 14.2 Å². The highest BCUT2D eigenvalue weighted by Gasteiger charge is 2.47. The number of nitrogens with one attached hydrogen (secondary N) is 2. The van der Waals surface area contributed by atoms with E-state index in [9.17, 15) is 22.8 Å². The number of alkyl halides is 3. The van der Waals surface area contributed by atoms with Crippen LogP contribution in [0.4, 0.5) is 24.0 Å². The minimum absolute atomic E-state index is 0.0540. The fourth-order valence-electron chi connectivity index (χ4n) is 5.27. The van der Waals surface area contributed by atoms with Gasteiger partial charge in [-0.15, -0.1) is 11.3 Å². The first-order chi connectivity index (χ1) is 18.7. The van der Waals surface area contributed by atoms with E-state index < -0.39 is 30.1 Å². The predicted octanol–water partition coefficient (Wildman–Crippen LogP) is 5.64. The summed E-state index contributed by atoms with van der Waals surface area (Å²) < 4.78 is 59.2. The number of aromatic nitrogens is 2. The van der Waals surface area contributed by atoms with E-state index in [0.29, 0.717) is 34.0 Å². The zero-order valence-electron chi connectivity index (χ0n) is 20.9. The number of halogens is 3. The maximum atomic E-state index is 14.1. The molecule has 206 valence electrons. The number of esters is 1. The van der Waals surface area contributed by atoms with Gasteiger partial charge in [0.15, 0.2) is 23.2 Å². The number of nitrogens with zero attached hydrogens (tertiary/aromatic N) is 2. The number of carbonyl (C=O) groups excluding carboxylic acids is 2. The zero-order chi connectivity index (χ0) is 27.3. The van der Waals surface area contributed by atoms with Crippen molar-refractivity contribution < 1.29 is 37.0 Å². The zero-order valence-corrected chi connectivity index (χ0v) is 21.7. The molecular weight excluding hydrogens is 537 g/mol. The molecule has 2 N–H and O–H groups in total. The first-order valence-corrected chi connectivity index (χ1v) is 13.5. The highest BCUT2D eigenvalue weighted by atomic mass is 32.1. The van der Waals surface area contributed by atoms with Crippen molar-refractivity contribution in [1.82, 2.24) is 9.78 Å². The molecule has 0 bridgehead atoms. The number of hydrogen-bond donors (Lipinski definition) is 2. The number of benzene rings is 1. The molecule has 1 aromatic carbocycles. The lowest BCUT2D eigenvalue weighted by Gasteiger charge is -2.33. The largest absolute Gasteiger partial charge is 0.462 e. The summed E-state index contributed by atoms with van der Waals surface area (Å²) >= 11 is 1.30. The number of ether oxygens (including phenoxy) is 3. The van der Waals surface area contributed by atoms with Crippen LogP contribution >= 0.6 is 11.3 Å². The summed E-state index contributed by atoms with van der Waals surface area (Å²) in [5.41, 5.74) is 1.59. The van der Waals surface area contributed by atoms with Crippen molar-refractivity contribution in [2.45, 2.75) is 57.3 Å². The minimum Gasteiger partial charge on any atom is -0.462 e. The summed E-state index contributed by atoms with van der Waals surface area (Å²) in [6.45, 7) is 1.93. The van der Waals surface area contributed by atoms with Gasteiger partial charge in [-0.25, -0.2) is 9.48 Å². The van der Waals surface area contributed by atoms with Crippen LogP contribution in [0.25, 0.3) is 0 Å². The summed E-state index contributed by atoms with van der Waals surface area (Å²) in [5.74, 6) is -0.172. The van der Waals surface area contributed by atoms with E-state index >= 15 is 0 Å². The molecule has 0 radical (unpaired) electrons. The van der Waals surface area contributed by atoms with Crippen LogP contribution in [0, 0.1) is 0 Å². The number of carbonyl (C=O) groups is 2. The van der Waals surface area contributed by atoms with Gasteiger partial charge >= 0.3 is 12.1 Å². The monoisotopic (exact) mass is 562 g/mol. The molecule has 3 aromatic rings. The molecule has 0 unspecified atom stereocenters. The quantitative estimate of drug-likeness (QED) is 0.388. The molecule has 1 aliphatic carbocycles. The number of hydrogen-bond acceptors (Lipinski definition) is 8. The Bertz CT molecular complexity index is 1450. The van der Waals surface area contributed by atoms with Crippen molar-refractivity contribution in [3.63, 3.8) is 0 Å². The van der Waals surface area contributed by atoms with Crippen LogP contribution in [-0.4, -0.2) is 41.2 Å². The normalized spacial score (nSPS) is 19.6. The second-order valence-electron chi connectivity index (χ2n) is 9.55. The van der Waals surface area contributed by atoms with Crippen molar-refractivity contribution in [3.8, 4) is 11.5 Å². The molecule has 0 fully saturated rings. The number of rotatable bonds is 5. The van der Waals surface area contributed by atoms with Gasteiger partial charge in [0, 0.05) is 17.4 Å². The molecule has 4 heterocycles. The third-order valence-corrected chi connectivity index (χ3v) is 8.31. The lowest BCUT2D eigenvalue weighted by atomic mass is 9.95. The topological polar surface area (TPSA) is 104 Å². The number of amides is 1. The summed E-state index contributed by atoms with van der Waals surface area (Å²) in [4.78, 5) is 27.0. The average molecular weight is 563 g/mol. The fourth-order valence-corrected chi connectivity index (χ4v) is 6.55. The molecule has 2 atom stereocenters. The molecule has 2 aromatic heterocycles. The second-order valence-corrected chi connectivity index (χ2v) is 10.7. The Morgan fingerprint density at radius 1 is 1.21 bits per heavy atom. The Labute approximate surface area is 225 Å². The number of thiophene rings is 1. The molecule has 39 heavy (non-hydrogen) atoms. The van der Waals surface area contributed by atoms with Gasteiger partial charge in [0.05, 0.1) is 18.2 Å². The SMILES string of the molecule is CCOC(=O)c1c(NC(=O)c2cc3n(n2)[C@@H](C(F)(F)F)C[C@H](c2ccc4c(c2)OCO4)N3)sc2c1CCCC2. The molecule has 13 heteroatoms. The lowest BCUT2D eigenvalue weighted by Crippen LogP contribution is -2.35. The lowest BCUT2D eigenvalue weighted by molar-refractivity contribution is -0.173. The maximum absolute atomic E-state index is 14.1. The van der Waals surface area contributed by atoms with Crippen molar-refractivity contribution in [2.75, 3.05) is 24.0 Å². The van der Waals surface area contributed by atoms with E-state index in [1.54, 1.807) is 25.1 Å². The maximum Gasteiger partial charge on any atom is 0.410 e. The summed E-state index contributed by atoms with van der Waals surface area (Å²) in [7, 11) is 0. The third-order valence-electron chi connectivity index (χ3n) is 7.10. The molecule has 3 aliphatic rings. The van der Waals surface area contributed by atoms with Gasteiger partial charge in [-0.2, -0.15) is 18.3 Å². The smallest absolute Gasteiger partial charge is 0.410 e. The van der Waals surface area contributed by atoms with Crippen LogP contribution in [-0.2, 0) is 17.6 Å². The summed E-state index contributed by atoms with van der Waals surface area (Å²) in [6.07, 6.45) is -1.54. The van der Waals surface area contributed by atoms with E-state index in [2.05, 4.69) is 15.7 Å². The minimum atomic E-state index is -4.60. The van der Waals surface area contributed by atoms with Gasteiger partial charge < -0.3 is 24.8 Å². The van der Waals surface area contributed by atoms with Crippen molar-refractivity contribution >= 4 is 34.0 Å². The standard InChI is InChI=1S/C26H25F3N4O5S/c1-2-36-25(35)22-14-5-3-4-6-19(14)39-24(22)31-23(34)16-11-21-30-15(10-20(26(27,28)29)33(21)32-16)13-7-8-17-18(9-13)38-12-37-17/h7-9,11,15,20,30H,2-6,10,12H2,1H3,(H,31,34)/t15-,20-/m1/s1. The molecule has 9 nitrogen and oxygen atoms in total. The average Bonchev–Trinajstić information content (AvgIpc) is 3.63. The van der Waals surface area contributed by atoms with Crippen LogP contribution in [0.3, 0.4) is 0 Å². The Balaban J connectivity index is 1.30. The molecule has 0 saturated carbocycles. The summed E-state index contributed by atoms with van der Waals surface area (Å²) in [5, 5.41) is 10.2. The molecule has 0 saturated heterocycles. The van der Waals surface area contributed by atoms with Gasteiger partial charge in [-0.1, -0.05) is 6.07 Å². The van der Waals surface area contributed by atoms with Gasteiger partial charge in [0.2, 0.25) is 6.79 Å². The Morgan fingerprint density at radius 2 is 2.00 bits per heavy atom. The first-order valence-electron chi connectivity index (χ1n) is 12.7. The van der Waals surface area contributed by atoms with E-state index in [1.807, 2.05) is 0 Å². The molecular formula is C26H25F3N4O5S. The van der Waals surface area contributed by atoms with Gasteiger partial charge in [0.1, 0.15) is 10.8 Å². The van der Waals surface area contributed by atoms with Crippen LogP contribution in [0.15, 0.2) is 24.3 Å². The van der Waals surface area contributed by atoms with E-state index in [1.165, 1.54) is 17.4 Å². The Kier molecular flexibility index (Phi) is 6.40. The number of anilines is 2. The Morgan fingerprint density at radius 3 is 2.79 bits per heavy atom. The van der Waals surface area contributed by atoms with Crippen LogP contribution in [0.1, 0.15) is 75.1 Å². The molecule has 1 amide bonds. The number of aryl methyl sites for hydroxylation is 1. The first kappa shape index (κ1) is 25.5. The van der Waals surface area contributed by atoms with E-state index in [0.717, 1.165) is 34.4 Å². The highest BCUT2D eigenvalue weighted by molar-refractivity contribution is 7.17. The predicted molar refractivity (Wildman–Crippen MR) is 136 cm³/mol. The van der Waals surface area contributed by atoms with Gasteiger partial charge in [-0.3, -0.25) is 4.79 Å². The van der Waals surface area contributed by atoms with Crippen molar-refractivity contribution in [2.24, 2.45) is 0 Å². The van der Waals surface area contributed by atoms with Crippen LogP contribution in [0.2, 0.25) is 0 Å².